The third kappa shape index (κ3) is 2.79. The maximum atomic E-state index is 6.31. The second kappa shape index (κ2) is 6.32. The number of aryl methyl sites for hydroxylation is 1. The Kier molecular flexibility index (Phi) is 3.94. The van der Waals surface area contributed by atoms with E-state index in [1.165, 1.54) is 16.9 Å². The van der Waals surface area contributed by atoms with Crippen LogP contribution in [0.3, 0.4) is 0 Å². The van der Waals surface area contributed by atoms with Crippen LogP contribution in [0.4, 0.5) is 5.82 Å². The van der Waals surface area contributed by atoms with Gasteiger partial charge in [0.2, 0.25) is 6.79 Å². The minimum Gasteiger partial charge on any atom is -0.454 e. The molecule has 2 aromatic heterocycles. The summed E-state index contributed by atoms with van der Waals surface area (Å²) in [7, 11) is 0. The molecule has 7 heteroatoms. The summed E-state index contributed by atoms with van der Waals surface area (Å²) in [6.45, 7) is 2.61. The fourth-order valence-electron chi connectivity index (χ4n) is 3.59. The van der Waals surface area contributed by atoms with E-state index in [4.69, 9.17) is 20.2 Å². The summed E-state index contributed by atoms with van der Waals surface area (Å²) in [5.74, 6) is 3.74. The number of aromatic nitrogens is 2. The highest BCUT2D eigenvalue weighted by Crippen LogP contribution is 2.40. The van der Waals surface area contributed by atoms with Gasteiger partial charge in [0.15, 0.2) is 16.7 Å². The molecule has 2 N–H and O–H groups in total. The SMILES string of the molecule is C[C@H]1CCc2c(sc3nc(SCc4ccc5c(c4)OCO5)nc(N)c23)C1. The Hall–Kier alpha value is -1.99. The number of anilines is 1. The number of hydrogen-bond acceptors (Lipinski definition) is 7. The lowest BCUT2D eigenvalue weighted by molar-refractivity contribution is 0.174. The average molecular weight is 386 g/mol. The molecule has 26 heavy (non-hydrogen) atoms. The second-order valence-electron chi connectivity index (χ2n) is 6.90. The quantitative estimate of drug-likeness (QED) is 0.532. The lowest BCUT2D eigenvalue weighted by atomic mass is 9.89. The molecule has 0 unspecified atom stereocenters. The molecule has 2 aliphatic rings. The number of nitrogens with two attached hydrogens (primary N) is 1. The smallest absolute Gasteiger partial charge is 0.231 e. The van der Waals surface area contributed by atoms with Crippen molar-refractivity contribution in [2.45, 2.75) is 37.1 Å². The highest BCUT2D eigenvalue weighted by molar-refractivity contribution is 7.98. The zero-order valence-electron chi connectivity index (χ0n) is 14.4. The first kappa shape index (κ1) is 16.2. The molecule has 0 fully saturated rings. The van der Waals surface area contributed by atoms with Crippen LogP contribution in [0, 0.1) is 5.92 Å². The van der Waals surface area contributed by atoms with Crippen molar-refractivity contribution >= 4 is 39.1 Å². The maximum Gasteiger partial charge on any atom is 0.231 e. The minimum atomic E-state index is 0.296. The Morgan fingerprint density at radius 3 is 3.08 bits per heavy atom. The third-order valence-corrected chi connectivity index (χ3v) is 7.03. The normalized spacial score (nSPS) is 18.3. The van der Waals surface area contributed by atoms with Gasteiger partial charge in [0, 0.05) is 10.6 Å². The Labute approximate surface area is 159 Å². The molecule has 0 bridgehead atoms. The lowest BCUT2D eigenvalue weighted by Crippen LogP contribution is -2.09. The van der Waals surface area contributed by atoms with Gasteiger partial charge in [-0.05, 0) is 48.4 Å². The van der Waals surface area contributed by atoms with E-state index in [9.17, 15) is 0 Å². The number of fused-ring (bicyclic) bond motifs is 4. The van der Waals surface area contributed by atoms with E-state index >= 15 is 0 Å². The van der Waals surface area contributed by atoms with Crippen molar-refractivity contribution in [1.29, 1.82) is 0 Å². The van der Waals surface area contributed by atoms with Crippen molar-refractivity contribution in [3.8, 4) is 11.5 Å². The molecule has 134 valence electrons. The zero-order chi connectivity index (χ0) is 17.7. The first-order chi connectivity index (χ1) is 12.7. The summed E-state index contributed by atoms with van der Waals surface area (Å²) < 4.78 is 10.8. The largest absolute Gasteiger partial charge is 0.454 e. The highest BCUT2D eigenvalue weighted by Gasteiger charge is 2.23. The van der Waals surface area contributed by atoms with Crippen molar-refractivity contribution in [2.75, 3.05) is 12.5 Å². The Morgan fingerprint density at radius 2 is 2.15 bits per heavy atom. The van der Waals surface area contributed by atoms with Crippen LogP contribution in [0.2, 0.25) is 0 Å². The molecule has 1 aromatic carbocycles. The van der Waals surface area contributed by atoms with Crippen LogP contribution in [0.1, 0.15) is 29.3 Å². The van der Waals surface area contributed by atoms with Gasteiger partial charge in [0.25, 0.3) is 0 Å². The number of hydrogen-bond donors (Lipinski definition) is 1. The minimum absolute atomic E-state index is 0.296. The fourth-order valence-corrected chi connectivity index (χ4v) is 5.84. The average Bonchev–Trinajstić information content (AvgIpc) is 3.22. The molecule has 0 saturated heterocycles. The predicted molar refractivity (Wildman–Crippen MR) is 105 cm³/mol. The van der Waals surface area contributed by atoms with Crippen LogP contribution in [0.5, 0.6) is 11.5 Å². The Bertz CT molecular complexity index is 1000. The summed E-state index contributed by atoms with van der Waals surface area (Å²) in [6, 6.07) is 6.02. The van der Waals surface area contributed by atoms with Gasteiger partial charge in [0.1, 0.15) is 10.6 Å². The maximum absolute atomic E-state index is 6.31. The Morgan fingerprint density at radius 1 is 1.27 bits per heavy atom. The number of rotatable bonds is 3. The molecule has 3 heterocycles. The monoisotopic (exact) mass is 385 g/mol. The molecule has 0 radical (unpaired) electrons. The van der Waals surface area contributed by atoms with Crippen LogP contribution in [0.15, 0.2) is 23.4 Å². The van der Waals surface area contributed by atoms with Crippen molar-refractivity contribution in [1.82, 2.24) is 9.97 Å². The summed E-state index contributed by atoms with van der Waals surface area (Å²) >= 11 is 3.39. The molecule has 3 aromatic rings. The van der Waals surface area contributed by atoms with Crippen LogP contribution in [0.25, 0.3) is 10.2 Å². The summed E-state index contributed by atoms with van der Waals surface area (Å²) in [4.78, 5) is 11.8. The van der Waals surface area contributed by atoms with Gasteiger partial charge in [-0.2, -0.15) is 0 Å². The van der Waals surface area contributed by atoms with Crippen LogP contribution in [-0.2, 0) is 18.6 Å². The van der Waals surface area contributed by atoms with E-state index in [-0.39, 0.29) is 0 Å². The van der Waals surface area contributed by atoms with Crippen LogP contribution in [-0.4, -0.2) is 16.8 Å². The molecule has 5 rings (SSSR count). The van der Waals surface area contributed by atoms with Gasteiger partial charge in [-0.25, -0.2) is 9.97 Å². The number of thiophene rings is 1. The van der Waals surface area contributed by atoms with Crippen molar-refractivity contribution in [3.63, 3.8) is 0 Å². The van der Waals surface area contributed by atoms with E-state index in [2.05, 4.69) is 11.9 Å². The van der Waals surface area contributed by atoms with Gasteiger partial charge in [-0.1, -0.05) is 24.8 Å². The number of nitrogen functional groups attached to an aromatic ring is 1. The number of nitrogens with zero attached hydrogens (tertiary/aromatic N) is 2. The molecule has 5 nitrogen and oxygen atoms in total. The van der Waals surface area contributed by atoms with Crippen molar-refractivity contribution in [2.24, 2.45) is 5.92 Å². The topological polar surface area (TPSA) is 70.3 Å². The summed E-state index contributed by atoms with van der Waals surface area (Å²) in [6.07, 6.45) is 3.45. The molecule has 1 atom stereocenters. The standard InChI is InChI=1S/C19H19N3O2S2/c1-10-2-4-12-15(6-10)26-18-16(12)17(20)21-19(22-18)25-8-11-3-5-13-14(7-11)24-9-23-13/h3,5,7,10H,2,4,6,8-9H2,1H3,(H2,20,21,22)/t10-/m0/s1. The van der Waals surface area contributed by atoms with Crippen molar-refractivity contribution in [3.05, 3.63) is 34.2 Å². The summed E-state index contributed by atoms with van der Waals surface area (Å²) in [5.41, 5.74) is 8.84. The van der Waals surface area contributed by atoms with Gasteiger partial charge in [-0.3, -0.25) is 0 Å². The molecule has 1 aliphatic carbocycles. The third-order valence-electron chi connectivity index (χ3n) is 4.97. The van der Waals surface area contributed by atoms with E-state index < -0.39 is 0 Å². The zero-order valence-corrected chi connectivity index (χ0v) is 16.1. The first-order valence-electron chi connectivity index (χ1n) is 8.76. The number of thioether (sulfide) groups is 1. The highest BCUT2D eigenvalue weighted by atomic mass is 32.2. The molecular formula is C19H19N3O2S2. The van der Waals surface area contributed by atoms with E-state index in [0.717, 1.165) is 56.9 Å². The van der Waals surface area contributed by atoms with E-state index in [0.29, 0.717) is 12.6 Å². The van der Waals surface area contributed by atoms with Gasteiger partial charge in [-0.15, -0.1) is 11.3 Å². The molecule has 0 saturated carbocycles. The molecule has 1 aliphatic heterocycles. The number of benzene rings is 1. The molecule has 0 amide bonds. The van der Waals surface area contributed by atoms with E-state index in [1.807, 2.05) is 18.2 Å². The van der Waals surface area contributed by atoms with Crippen LogP contribution >= 0.6 is 23.1 Å². The Balaban J connectivity index is 1.41. The van der Waals surface area contributed by atoms with Gasteiger partial charge < -0.3 is 15.2 Å². The molecule has 0 spiro atoms. The fraction of sp³-hybridized carbons (Fsp3) is 0.368. The first-order valence-corrected chi connectivity index (χ1v) is 10.6. The van der Waals surface area contributed by atoms with Crippen LogP contribution < -0.4 is 15.2 Å². The number of ether oxygens (including phenoxy) is 2. The van der Waals surface area contributed by atoms with Gasteiger partial charge in [0.05, 0.1) is 5.39 Å². The molecular weight excluding hydrogens is 366 g/mol. The lowest BCUT2D eigenvalue weighted by Gasteiger charge is -2.17. The van der Waals surface area contributed by atoms with Gasteiger partial charge >= 0.3 is 0 Å². The summed E-state index contributed by atoms with van der Waals surface area (Å²) in [5, 5.41) is 1.82. The predicted octanol–water partition coefficient (Wildman–Crippen LogP) is 4.42. The second-order valence-corrected chi connectivity index (χ2v) is 8.93. The van der Waals surface area contributed by atoms with Crippen molar-refractivity contribution < 1.29 is 9.47 Å². The van der Waals surface area contributed by atoms with E-state index in [1.54, 1.807) is 23.1 Å².